The highest BCUT2D eigenvalue weighted by atomic mass is 32.2. The number of carbonyl (C=O) groups is 2. The number of carboxylic acid groups (broad SMARTS) is 1. The van der Waals surface area contributed by atoms with Crippen molar-refractivity contribution >= 4 is 29.4 Å². The minimum atomic E-state index is -0.812. The summed E-state index contributed by atoms with van der Waals surface area (Å²) in [5.74, 6) is -2.63. The highest BCUT2D eigenvalue weighted by molar-refractivity contribution is 7.98. The topological polar surface area (TPSA) is 78.4 Å². The van der Waals surface area contributed by atoms with Gasteiger partial charge in [-0.25, -0.2) is 13.6 Å². The molecule has 1 aromatic rings. The molecule has 0 heterocycles. The van der Waals surface area contributed by atoms with Crippen molar-refractivity contribution in [2.24, 2.45) is 5.92 Å². The molecule has 2 rings (SSSR count). The van der Waals surface area contributed by atoms with E-state index in [1.54, 1.807) is 6.26 Å². The number of rotatable bonds is 4. The van der Waals surface area contributed by atoms with Crippen LogP contribution in [-0.2, 0) is 4.79 Å². The highest BCUT2D eigenvalue weighted by Gasteiger charge is 2.26. The average Bonchev–Trinajstić information content (AvgIpc) is 2.47. The second kappa shape index (κ2) is 7.63. The van der Waals surface area contributed by atoms with E-state index in [1.165, 1.54) is 0 Å². The molecule has 1 aromatic carbocycles. The number of aliphatic carboxylic acids is 1. The molecule has 1 aliphatic carbocycles. The summed E-state index contributed by atoms with van der Waals surface area (Å²) < 4.78 is 27.3. The Morgan fingerprint density at radius 1 is 1.17 bits per heavy atom. The molecule has 1 fully saturated rings. The van der Waals surface area contributed by atoms with Gasteiger partial charge in [-0.1, -0.05) is 0 Å². The Bertz CT molecular complexity index is 581. The van der Waals surface area contributed by atoms with Crippen molar-refractivity contribution < 1.29 is 23.5 Å². The Morgan fingerprint density at radius 3 is 2.22 bits per heavy atom. The molecule has 0 spiro atoms. The van der Waals surface area contributed by atoms with Crippen LogP contribution in [0, 0.1) is 17.6 Å². The molecule has 1 saturated carbocycles. The zero-order chi connectivity index (χ0) is 17.0. The molecule has 8 heteroatoms. The van der Waals surface area contributed by atoms with Gasteiger partial charge in [0.25, 0.3) is 0 Å². The minimum Gasteiger partial charge on any atom is -0.481 e. The second-order valence-corrected chi connectivity index (χ2v) is 6.27. The molecule has 1 aliphatic rings. The molecule has 0 aliphatic heterocycles. The average molecular weight is 344 g/mol. The van der Waals surface area contributed by atoms with Crippen molar-refractivity contribution in [3.05, 3.63) is 23.8 Å². The number of nitrogens with one attached hydrogen (secondary N) is 2. The molecule has 0 radical (unpaired) electrons. The fourth-order valence-electron chi connectivity index (χ4n) is 2.66. The molecule has 2 amide bonds. The highest BCUT2D eigenvalue weighted by Crippen LogP contribution is 2.27. The lowest BCUT2D eigenvalue weighted by Crippen LogP contribution is -2.41. The Hall–Kier alpha value is -1.83. The summed E-state index contributed by atoms with van der Waals surface area (Å²) in [6.07, 6.45) is 3.71. The van der Waals surface area contributed by atoms with Crippen LogP contribution < -0.4 is 10.6 Å². The summed E-state index contributed by atoms with van der Waals surface area (Å²) in [4.78, 5) is 22.7. The van der Waals surface area contributed by atoms with Gasteiger partial charge in [-0.15, -0.1) is 11.8 Å². The summed E-state index contributed by atoms with van der Waals surface area (Å²) in [7, 11) is 0. The van der Waals surface area contributed by atoms with Gasteiger partial charge in [0.05, 0.1) is 10.8 Å². The lowest BCUT2D eigenvalue weighted by atomic mass is 9.86. The smallest absolute Gasteiger partial charge is 0.319 e. The first-order valence-corrected chi connectivity index (χ1v) is 8.46. The van der Waals surface area contributed by atoms with Gasteiger partial charge in [0.2, 0.25) is 0 Å². The maximum atomic E-state index is 13.7. The number of hydrogen-bond donors (Lipinski definition) is 3. The first-order valence-electron chi connectivity index (χ1n) is 7.24. The molecule has 23 heavy (non-hydrogen) atoms. The van der Waals surface area contributed by atoms with Crippen LogP contribution in [-0.4, -0.2) is 29.4 Å². The van der Waals surface area contributed by atoms with E-state index in [-0.39, 0.29) is 22.5 Å². The molecule has 3 N–H and O–H groups in total. The number of urea groups is 1. The number of benzene rings is 1. The van der Waals surface area contributed by atoms with Gasteiger partial charge in [0.1, 0.15) is 11.6 Å². The first kappa shape index (κ1) is 17.5. The van der Waals surface area contributed by atoms with E-state index in [9.17, 15) is 18.4 Å². The number of thioether (sulfide) groups is 1. The Balaban J connectivity index is 1.89. The largest absolute Gasteiger partial charge is 0.481 e. The van der Waals surface area contributed by atoms with E-state index in [2.05, 4.69) is 10.6 Å². The number of carboxylic acids is 1. The molecular formula is C15H18F2N2O3S. The number of hydrogen-bond acceptors (Lipinski definition) is 3. The van der Waals surface area contributed by atoms with E-state index >= 15 is 0 Å². The molecule has 5 nitrogen and oxygen atoms in total. The summed E-state index contributed by atoms with van der Waals surface area (Å²) in [6, 6.07) is 1.44. The SMILES string of the molecule is CSc1c(F)cc(NC(=O)NC2CCC(C(=O)O)CC2)cc1F. The lowest BCUT2D eigenvalue weighted by Gasteiger charge is -2.26. The first-order chi connectivity index (χ1) is 10.9. The standard InChI is InChI=1S/C15H18F2N2O3S/c1-23-13-11(16)6-10(7-12(13)17)19-15(22)18-9-4-2-8(3-5-9)14(20)21/h6-9H,2-5H2,1H3,(H,20,21)(H2,18,19,22). The molecule has 0 unspecified atom stereocenters. The monoisotopic (exact) mass is 344 g/mol. The molecule has 126 valence electrons. The zero-order valence-corrected chi connectivity index (χ0v) is 13.4. The van der Waals surface area contributed by atoms with E-state index in [4.69, 9.17) is 5.11 Å². The van der Waals surface area contributed by atoms with Gasteiger partial charge in [-0.05, 0) is 44.1 Å². The second-order valence-electron chi connectivity index (χ2n) is 5.46. The van der Waals surface area contributed by atoms with Crippen molar-refractivity contribution in [2.75, 3.05) is 11.6 Å². The maximum absolute atomic E-state index is 13.7. The molecule has 0 saturated heterocycles. The van der Waals surface area contributed by atoms with Gasteiger partial charge in [0, 0.05) is 11.7 Å². The normalized spacial score (nSPS) is 20.8. The van der Waals surface area contributed by atoms with Crippen LogP contribution in [0.25, 0.3) is 0 Å². The van der Waals surface area contributed by atoms with Gasteiger partial charge < -0.3 is 15.7 Å². The van der Waals surface area contributed by atoms with Crippen molar-refractivity contribution in [1.29, 1.82) is 0 Å². The summed E-state index contributed by atoms with van der Waals surface area (Å²) in [6.45, 7) is 0. The van der Waals surface area contributed by atoms with Crippen LogP contribution in [0.2, 0.25) is 0 Å². The Labute approximate surface area is 136 Å². The predicted molar refractivity (Wildman–Crippen MR) is 83.7 cm³/mol. The quantitative estimate of drug-likeness (QED) is 0.731. The van der Waals surface area contributed by atoms with Gasteiger partial charge in [-0.2, -0.15) is 0 Å². The van der Waals surface area contributed by atoms with Crippen molar-refractivity contribution in [3.8, 4) is 0 Å². The summed E-state index contributed by atoms with van der Waals surface area (Å²) in [5, 5.41) is 14.0. The third-order valence-electron chi connectivity index (χ3n) is 3.87. The van der Waals surface area contributed by atoms with Crippen molar-refractivity contribution in [3.63, 3.8) is 0 Å². The van der Waals surface area contributed by atoms with Gasteiger partial charge >= 0.3 is 12.0 Å². The van der Waals surface area contributed by atoms with Crippen LogP contribution in [0.3, 0.4) is 0 Å². The summed E-state index contributed by atoms with van der Waals surface area (Å²) >= 11 is 0.954. The molecule has 0 bridgehead atoms. The number of halogens is 2. The lowest BCUT2D eigenvalue weighted by molar-refractivity contribution is -0.142. The van der Waals surface area contributed by atoms with Crippen LogP contribution >= 0.6 is 11.8 Å². The van der Waals surface area contributed by atoms with Crippen LogP contribution in [0.15, 0.2) is 17.0 Å². The third-order valence-corrected chi connectivity index (χ3v) is 4.67. The molecular weight excluding hydrogens is 326 g/mol. The number of amides is 2. The van der Waals surface area contributed by atoms with Crippen LogP contribution in [0.1, 0.15) is 25.7 Å². The van der Waals surface area contributed by atoms with Gasteiger partial charge in [-0.3, -0.25) is 4.79 Å². The predicted octanol–water partition coefficient (Wildman–Crippen LogP) is 3.45. The Morgan fingerprint density at radius 2 is 1.74 bits per heavy atom. The third kappa shape index (κ3) is 4.57. The van der Waals surface area contributed by atoms with Crippen molar-refractivity contribution in [2.45, 2.75) is 36.6 Å². The summed E-state index contributed by atoms with van der Waals surface area (Å²) in [5.41, 5.74) is 0.0366. The van der Waals surface area contributed by atoms with Crippen LogP contribution in [0.5, 0.6) is 0 Å². The van der Waals surface area contributed by atoms with E-state index < -0.39 is 23.6 Å². The zero-order valence-electron chi connectivity index (χ0n) is 12.6. The Kier molecular flexibility index (Phi) is 5.81. The molecule has 0 aromatic heterocycles. The van der Waals surface area contributed by atoms with E-state index in [0.717, 1.165) is 23.9 Å². The number of anilines is 1. The van der Waals surface area contributed by atoms with E-state index in [0.29, 0.717) is 25.7 Å². The maximum Gasteiger partial charge on any atom is 0.319 e. The van der Waals surface area contributed by atoms with Gasteiger partial charge in [0.15, 0.2) is 0 Å². The molecule has 0 atom stereocenters. The fraction of sp³-hybridized carbons (Fsp3) is 0.467. The van der Waals surface area contributed by atoms with Crippen LogP contribution in [0.4, 0.5) is 19.3 Å². The van der Waals surface area contributed by atoms with E-state index in [1.807, 2.05) is 0 Å². The fourth-order valence-corrected chi connectivity index (χ4v) is 3.17. The number of carbonyl (C=O) groups excluding carboxylic acids is 1. The minimum absolute atomic E-state index is 0.0366. The van der Waals surface area contributed by atoms with Crippen molar-refractivity contribution in [1.82, 2.24) is 5.32 Å².